The number of nitrogens with one attached hydrogen (secondary N) is 1. The zero-order valence-electron chi connectivity index (χ0n) is 17.1. The Kier molecular flexibility index (Phi) is 7.91. The lowest BCUT2D eigenvalue weighted by Gasteiger charge is -2.19. The summed E-state index contributed by atoms with van der Waals surface area (Å²) in [5, 5.41) is 4.71. The Morgan fingerprint density at radius 2 is 1.48 bits per heavy atom. The summed E-state index contributed by atoms with van der Waals surface area (Å²) in [5.41, 5.74) is 1.78. The summed E-state index contributed by atoms with van der Waals surface area (Å²) in [4.78, 5) is 36.2. The molecule has 3 N–H and O–H groups in total. The number of hydrogen-bond acceptors (Lipinski definition) is 5. The van der Waals surface area contributed by atoms with Crippen molar-refractivity contribution in [3.05, 3.63) is 65.2 Å². The summed E-state index contributed by atoms with van der Waals surface area (Å²) in [6, 6.07) is 14.4. The van der Waals surface area contributed by atoms with Gasteiger partial charge in [-0.1, -0.05) is 44.2 Å². The van der Waals surface area contributed by atoms with E-state index in [4.69, 9.17) is 9.47 Å². The van der Waals surface area contributed by atoms with Crippen molar-refractivity contribution in [3.63, 3.8) is 0 Å². The van der Waals surface area contributed by atoms with E-state index in [9.17, 15) is 14.4 Å². The molecule has 0 aliphatic rings. The minimum Gasteiger partial charge on any atom is -0.465 e. The number of carbonyl (C=O) groups is 3. The van der Waals surface area contributed by atoms with Crippen LogP contribution in [0.3, 0.4) is 0 Å². The number of quaternary nitrogens is 1. The lowest BCUT2D eigenvalue weighted by atomic mass is 9.96. The molecule has 2 aromatic rings. The molecule has 29 heavy (non-hydrogen) atoms. The maximum atomic E-state index is 12.5. The molecule has 0 bridgehead atoms. The van der Waals surface area contributed by atoms with Crippen molar-refractivity contribution in [3.8, 4) is 0 Å². The van der Waals surface area contributed by atoms with Crippen molar-refractivity contribution in [2.75, 3.05) is 26.1 Å². The molecule has 0 radical (unpaired) electrons. The van der Waals surface area contributed by atoms with Crippen molar-refractivity contribution in [2.24, 2.45) is 5.92 Å². The first-order valence-electron chi connectivity index (χ1n) is 9.35. The summed E-state index contributed by atoms with van der Waals surface area (Å²) >= 11 is 0. The van der Waals surface area contributed by atoms with Crippen LogP contribution >= 0.6 is 0 Å². The molecule has 0 aliphatic carbocycles. The van der Waals surface area contributed by atoms with Crippen molar-refractivity contribution < 1.29 is 29.2 Å². The second-order valence-electron chi connectivity index (χ2n) is 6.95. The Labute approximate surface area is 170 Å². The van der Waals surface area contributed by atoms with Gasteiger partial charge in [-0.15, -0.1) is 0 Å². The van der Waals surface area contributed by atoms with E-state index in [1.807, 2.05) is 35.6 Å². The Hall–Kier alpha value is -3.19. The third kappa shape index (κ3) is 6.15. The number of esters is 2. The van der Waals surface area contributed by atoms with Crippen LogP contribution in [0, 0.1) is 5.92 Å². The maximum absolute atomic E-state index is 12.5. The Morgan fingerprint density at radius 3 is 1.97 bits per heavy atom. The molecule has 0 heterocycles. The molecule has 2 aromatic carbocycles. The molecule has 1 atom stereocenters. The summed E-state index contributed by atoms with van der Waals surface area (Å²) < 4.78 is 9.42. The molecule has 7 heteroatoms. The monoisotopic (exact) mass is 399 g/mol. The zero-order chi connectivity index (χ0) is 21.4. The number of methoxy groups -OCH3 is 2. The van der Waals surface area contributed by atoms with Crippen molar-refractivity contribution >= 4 is 23.5 Å². The minimum absolute atomic E-state index is 0.133. The fourth-order valence-corrected chi connectivity index (χ4v) is 3.09. The van der Waals surface area contributed by atoms with Crippen molar-refractivity contribution in [1.29, 1.82) is 0 Å². The van der Waals surface area contributed by atoms with Crippen LogP contribution < -0.4 is 10.6 Å². The molecule has 0 saturated carbocycles. The maximum Gasteiger partial charge on any atom is 0.337 e. The SMILES string of the molecule is COC(=O)c1cc(NC(=O)C[NH2+][C@@H](c2ccccc2)C(C)C)cc(C(=O)OC)c1. The Balaban J connectivity index is 2.13. The predicted octanol–water partition coefficient (Wildman–Crippen LogP) is 2.16. The minimum atomic E-state index is -0.609. The highest BCUT2D eigenvalue weighted by Gasteiger charge is 2.21. The third-order valence-corrected chi connectivity index (χ3v) is 4.52. The van der Waals surface area contributed by atoms with Crippen LogP contribution in [0.15, 0.2) is 48.5 Å². The number of nitrogens with two attached hydrogens (primary N) is 1. The number of anilines is 1. The quantitative estimate of drug-likeness (QED) is 0.663. The number of carbonyl (C=O) groups excluding carboxylic acids is 3. The van der Waals surface area contributed by atoms with E-state index in [1.54, 1.807) is 0 Å². The van der Waals surface area contributed by atoms with E-state index < -0.39 is 11.9 Å². The molecule has 154 valence electrons. The van der Waals surface area contributed by atoms with Crippen LogP contribution in [-0.4, -0.2) is 38.6 Å². The molecular weight excluding hydrogens is 372 g/mol. The molecular formula is C22H27N2O5+. The third-order valence-electron chi connectivity index (χ3n) is 4.52. The average molecular weight is 399 g/mol. The van der Waals surface area contributed by atoms with Gasteiger partial charge in [0, 0.05) is 17.2 Å². The van der Waals surface area contributed by atoms with Crippen LogP contribution in [-0.2, 0) is 14.3 Å². The van der Waals surface area contributed by atoms with Gasteiger partial charge in [0.1, 0.15) is 6.04 Å². The first-order chi connectivity index (χ1) is 13.8. The van der Waals surface area contributed by atoms with Crippen LogP contribution in [0.5, 0.6) is 0 Å². The molecule has 0 saturated heterocycles. The predicted molar refractivity (Wildman–Crippen MR) is 109 cm³/mol. The smallest absolute Gasteiger partial charge is 0.337 e. The van der Waals surface area contributed by atoms with Gasteiger partial charge in [-0.3, -0.25) is 4.79 Å². The van der Waals surface area contributed by atoms with Crippen LogP contribution in [0.4, 0.5) is 5.69 Å². The van der Waals surface area contributed by atoms with Gasteiger partial charge in [0.15, 0.2) is 6.54 Å². The van der Waals surface area contributed by atoms with E-state index in [1.165, 1.54) is 32.4 Å². The van der Waals surface area contributed by atoms with E-state index in [0.717, 1.165) is 5.56 Å². The first-order valence-corrected chi connectivity index (χ1v) is 9.35. The Morgan fingerprint density at radius 1 is 0.931 bits per heavy atom. The number of benzene rings is 2. The number of ether oxygens (including phenoxy) is 2. The first kappa shape index (κ1) is 22.1. The lowest BCUT2D eigenvalue weighted by Crippen LogP contribution is -2.88. The second kappa shape index (κ2) is 10.4. The van der Waals surface area contributed by atoms with E-state index in [0.29, 0.717) is 11.6 Å². The lowest BCUT2D eigenvalue weighted by molar-refractivity contribution is -0.692. The van der Waals surface area contributed by atoms with Crippen LogP contribution in [0.25, 0.3) is 0 Å². The molecule has 0 aliphatic heterocycles. The van der Waals surface area contributed by atoms with Gasteiger partial charge >= 0.3 is 11.9 Å². The molecule has 1 amide bonds. The number of amides is 1. The van der Waals surface area contributed by atoms with Crippen LogP contribution in [0.1, 0.15) is 46.2 Å². The Bertz CT molecular complexity index is 831. The van der Waals surface area contributed by atoms with Crippen LogP contribution in [0.2, 0.25) is 0 Å². The van der Waals surface area contributed by atoms with Gasteiger partial charge < -0.3 is 20.1 Å². The molecule has 2 rings (SSSR count). The highest BCUT2D eigenvalue weighted by molar-refractivity contribution is 5.99. The van der Waals surface area contributed by atoms with Gasteiger partial charge in [0.05, 0.1) is 25.3 Å². The average Bonchev–Trinajstić information content (AvgIpc) is 2.72. The van der Waals surface area contributed by atoms with Gasteiger partial charge in [-0.05, 0) is 18.2 Å². The number of hydrogen-bond donors (Lipinski definition) is 2. The van der Waals surface area contributed by atoms with E-state index in [2.05, 4.69) is 19.2 Å². The van der Waals surface area contributed by atoms with Gasteiger partial charge in [-0.25, -0.2) is 9.59 Å². The fourth-order valence-electron chi connectivity index (χ4n) is 3.09. The summed E-state index contributed by atoms with van der Waals surface area (Å²) in [5.74, 6) is -1.13. The van der Waals surface area contributed by atoms with Gasteiger partial charge in [0.25, 0.3) is 5.91 Å². The van der Waals surface area contributed by atoms with Gasteiger partial charge in [-0.2, -0.15) is 0 Å². The summed E-state index contributed by atoms with van der Waals surface area (Å²) in [6.07, 6.45) is 0. The molecule has 7 nitrogen and oxygen atoms in total. The molecule has 0 unspecified atom stereocenters. The summed E-state index contributed by atoms with van der Waals surface area (Å²) in [6.45, 7) is 4.40. The van der Waals surface area contributed by atoms with E-state index >= 15 is 0 Å². The highest BCUT2D eigenvalue weighted by atomic mass is 16.5. The second-order valence-corrected chi connectivity index (χ2v) is 6.95. The normalized spacial score (nSPS) is 11.6. The van der Waals surface area contributed by atoms with Crippen molar-refractivity contribution in [1.82, 2.24) is 0 Å². The zero-order valence-corrected chi connectivity index (χ0v) is 17.1. The fraction of sp³-hybridized carbons (Fsp3) is 0.318. The molecule has 0 spiro atoms. The summed E-state index contributed by atoms with van der Waals surface area (Å²) in [7, 11) is 2.49. The van der Waals surface area contributed by atoms with E-state index in [-0.39, 0.29) is 29.6 Å². The standard InChI is InChI=1S/C22H26N2O5/c1-14(2)20(15-8-6-5-7-9-15)23-13-19(25)24-18-11-16(21(26)28-3)10-17(12-18)22(27)29-4/h5-12,14,20,23H,13H2,1-4H3,(H,24,25)/p+1/t20-/m1/s1. The molecule has 0 aromatic heterocycles. The largest absolute Gasteiger partial charge is 0.465 e. The topological polar surface area (TPSA) is 98.3 Å². The molecule has 0 fully saturated rings. The highest BCUT2D eigenvalue weighted by Crippen LogP contribution is 2.18. The number of rotatable bonds is 8. The van der Waals surface area contributed by atoms with Crippen molar-refractivity contribution in [2.45, 2.75) is 19.9 Å². The van der Waals surface area contributed by atoms with Gasteiger partial charge in [0.2, 0.25) is 0 Å².